The molecule has 1 aromatic heterocycles. The van der Waals surface area contributed by atoms with Gasteiger partial charge in [-0.15, -0.1) is 0 Å². The molecule has 6 heteroatoms. The van der Waals surface area contributed by atoms with Gasteiger partial charge in [0.25, 0.3) is 0 Å². The van der Waals surface area contributed by atoms with Gasteiger partial charge >= 0.3 is 0 Å². The molecule has 0 spiro atoms. The van der Waals surface area contributed by atoms with Crippen LogP contribution in [0, 0.1) is 13.8 Å². The van der Waals surface area contributed by atoms with Crippen molar-refractivity contribution in [3.05, 3.63) is 53.9 Å². The van der Waals surface area contributed by atoms with Crippen molar-refractivity contribution in [1.82, 2.24) is 9.97 Å². The van der Waals surface area contributed by atoms with Crippen LogP contribution in [0.2, 0.25) is 0 Å². The normalized spacial score (nSPS) is 9.73. The Kier molecular flexibility index (Phi) is 5.39. The van der Waals surface area contributed by atoms with Crippen LogP contribution in [0.15, 0.2) is 42.7 Å². The molecular formula is C16H19N3O3. The number of nitrogens with one attached hydrogen (secondary N) is 1. The third-order valence-electron chi connectivity index (χ3n) is 3.36. The monoisotopic (exact) mass is 301 g/mol. The molecule has 22 heavy (non-hydrogen) atoms. The fourth-order valence-electron chi connectivity index (χ4n) is 2.14. The lowest BCUT2D eigenvalue weighted by molar-refractivity contribution is 0.475. The Morgan fingerprint density at radius 1 is 0.955 bits per heavy atom. The topological polar surface area (TPSA) is 121 Å². The highest BCUT2D eigenvalue weighted by Crippen LogP contribution is 2.26. The summed E-state index contributed by atoms with van der Waals surface area (Å²) in [5.41, 5.74) is 4.11. The third-order valence-corrected chi connectivity index (χ3v) is 3.36. The molecular weight excluding hydrogens is 282 g/mol. The molecule has 1 heterocycles. The van der Waals surface area contributed by atoms with Crippen LogP contribution >= 0.6 is 0 Å². The Hall–Kier alpha value is -2.70. The van der Waals surface area contributed by atoms with Crippen LogP contribution in [-0.4, -0.2) is 26.0 Å². The van der Waals surface area contributed by atoms with Gasteiger partial charge in [-0.1, -0.05) is 6.07 Å². The quantitative estimate of drug-likeness (QED) is 0.752. The largest absolute Gasteiger partial charge is 0.508 e. The molecule has 0 aliphatic carbocycles. The minimum atomic E-state index is 0. The van der Waals surface area contributed by atoms with Gasteiger partial charge in [0.05, 0.1) is 5.52 Å². The third kappa shape index (κ3) is 3.30. The van der Waals surface area contributed by atoms with Crippen LogP contribution in [0.5, 0.6) is 5.75 Å². The number of phenolic OH excluding ortho intramolecular Hbond substituents is 1. The molecule has 0 aliphatic rings. The molecule has 0 bridgehead atoms. The fraction of sp³-hybridized carbons (Fsp3) is 0.125. The van der Waals surface area contributed by atoms with E-state index < -0.39 is 0 Å². The number of hydrogen-bond acceptors (Lipinski definition) is 4. The van der Waals surface area contributed by atoms with E-state index in [0.717, 1.165) is 22.4 Å². The molecule has 116 valence electrons. The van der Waals surface area contributed by atoms with Gasteiger partial charge in [0.1, 0.15) is 17.9 Å². The Bertz CT molecular complexity index is 791. The zero-order valence-corrected chi connectivity index (χ0v) is 12.4. The van der Waals surface area contributed by atoms with Crippen LogP contribution in [-0.2, 0) is 0 Å². The molecule has 6 nitrogen and oxygen atoms in total. The van der Waals surface area contributed by atoms with Gasteiger partial charge in [-0.05, 0) is 49.2 Å². The highest BCUT2D eigenvalue weighted by Gasteiger charge is 2.06. The smallest absolute Gasteiger partial charge is 0.141 e. The predicted molar refractivity (Wildman–Crippen MR) is 87.6 cm³/mol. The molecule has 0 fully saturated rings. The molecule has 0 atom stereocenters. The summed E-state index contributed by atoms with van der Waals surface area (Å²) >= 11 is 0. The summed E-state index contributed by atoms with van der Waals surface area (Å²) in [5, 5.41) is 13.7. The van der Waals surface area contributed by atoms with Crippen molar-refractivity contribution in [2.45, 2.75) is 13.8 Å². The molecule has 2 aromatic carbocycles. The van der Waals surface area contributed by atoms with E-state index in [1.807, 2.05) is 6.07 Å². The van der Waals surface area contributed by atoms with Gasteiger partial charge in [0.2, 0.25) is 0 Å². The van der Waals surface area contributed by atoms with Crippen molar-refractivity contribution in [2.24, 2.45) is 0 Å². The Labute approximate surface area is 128 Å². The first-order valence-corrected chi connectivity index (χ1v) is 6.41. The molecule has 3 aromatic rings. The van der Waals surface area contributed by atoms with E-state index in [9.17, 15) is 5.11 Å². The van der Waals surface area contributed by atoms with Gasteiger partial charge < -0.3 is 21.4 Å². The number of hydrogen-bond donors (Lipinski definition) is 2. The highest BCUT2D eigenvalue weighted by atomic mass is 16.3. The second kappa shape index (κ2) is 6.84. The van der Waals surface area contributed by atoms with E-state index in [4.69, 9.17) is 0 Å². The maximum absolute atomic E-state index is 9.51. The number of nitrogens with zero attached hydrogens (tertiary/aromatic N) is 2. The number of phenols is 1. The minimum Gasteiger partial charge on any atom is -0.508 e. The minimum absolute atomic E-state index is 0. The van der Waals surface area contributed by atoms with E-state index in [1.54, 1.807) is 24.5 Å². The van der Waals surface area contributed by atoms with Gasteiger partial charge in [-0.25, -0.2) is 9.97 Å². The van der Waals surface area contributed by atoms with Gasteiger partial charge in [-0.3, -0.25) is 0 Å². The molecule has 0 amide bonds. The Morgan fingerprint density at radius 2 is 1.68 bits per heavy atom. The average Bonchev–Trinajstić information content (AvgIpc) is 2.41. The standard InChI is InChI=1S/C16H15N3O.2H2O/c1-10-6-14-15(7-11(10)2)17-9-18-16(14)19-12-4-3-5-13(20)8-12;;/h3-9,20H,1-2H3,(H,17,18,19);2*1H2. The Morgan fingerprint density at radius 3 is 2.41 bits per heavy atom. The van der Waals surface area contributed by atoms with Gasteiger partial charge in [0, 0.05) is 17.1 Å². The second-order valence-electron chi connectivity index (χ2n) is 4.85. The maximum atomic E-state index is 9.51. The summed E-state index contributed by atoms with van der Waals surface area (Å²) in [4.78, 5) is 8.60. The summed E-state index contributed by atoms with van der Waals surface area (Å²) in [5.74, 6) is 0.962. The number of aryl methyl sites for hydroxylation is 2. The highest BCUT2D eigenvalue weighted by molar-refractivity contribution is 5.91. The lowest BCUT2D eigenvalue weighted by Gasteiger charge is -2.10. The molecule has 6 N–H and O–H groups in total. The van der Waals surface area contributed by atoms with Crippen LogP contribution < -0.4 is 5.32 Å². The SMILES string of the molecule is Cc1cc2ncnc(Nc3cccc(O)c3)c2cc1C.O.O. The molecule has 0 radical (unpaired) electrons. The summed E-state index contributed by atoms with van der Waals surface area (Å²) in [6.07, 6.45) is 1.54. The fourth-order valence-corrected chi connectivity index (χ4v) is 2.14. The molecule has 3 rings (SSSR count). The van der Waals surface area contributed by atoms with Crippen LogP contribution in [0.3, 0.4) is 0 Å². The number of benzene rings is 2. The van der Waals surface area contributed by atoms with Crippen LogP contribution in [0.4, 0.5) is 11.5 Å². The lowest BCUT2D eigenvalue weighted by Crippen LogP contribution is -1.96. The first kappa shape index (κ1) is 17.4. The van der Waals surface area contributed by atoms with Crippen LogP contribution in [0.25, 0.3) is 10.9 Å². The molecule has 0 unspecified atom stereocenters. The summed E-state index contributed by atoms with van der Waals surface area (Å²) in [6.45, 7) is 4.14. The predicted octanol–water partition coefficient (Wildman–Crippen LogP) is 2.05. The number of rotatable bonds is 2. The second-order valence-corrected chi connectivity index (χ2v) is 4.85. The number of aromatic hydroxyl groups is 1. The van der Waals surface area contributed by atoms with E-state index in [0.29, 0.717) is 0 Å². The van der Waals surface area contributed by atoms with E-state index in [1.165, 1.54) is 11.1 Å². The van der Waals surface area contributed by atoms with Crippen molar-refractivity contribution >= 4 is 22.4 Å². The summed E-state index contributed by atoms with van der Waals surface area (Å²) in [7, 11) is 0. The van der Waals surface area contributed by atoms with Crippen molar-refractivity contribution in [1.29, 1.82) is 0 Å². The number of aromatic nitrogens is 2. The van der Waals surface area contributed by atoms with Crippen molar-refractivity contribution in [2.75, 3.05) is 5.32 Å². The number of fused-ring (bicyclic) bond motifs is 1. The Balaban J connectivity index is 0.00000121. The molecule has 0 aliphatic heterocycles. The summed E-state index contributed by atoms with van der Waals surface area (Å²) in [6, 6.07) is 11.1. The first-order valence-electron chi connectivity index (χ1n) is 6.41. The molecule has 0 saturated carbocycles. The average molecular weight is 301 g/mol. The van der Waals surface area contributed by atoms with Crippen molar-refractivity contribution < 1.29 is 16.1 Å². The van der Waals surface area contributed by atoms with E-state index in [2.05, 4.69) is 41.3 Å². The van der Waals surface area contributed by atoms with Crippen molar-refractivity contribution in [3.63, 3.8) is 0 Å². The maximum Gasteiger partial charge on any atom is 0.141 e. The zero-order chi connectivity index (χ0) is 14.1. The number of anilines is 2. The summed E-state index contributed by atoms with van der Waals surface area (Å²) < 4.78 is 0. The first-order chi connectivity index (χ1) is 9.63. The van der Waals surface area contributed by atoms with Gasteiger partial charge in [0.15, 0.2) is 0 Å². The lowest BCUT2D eigenvalue weighted by atomic mass is 10.1. The van der Waals surface area contributed by atoms with Gasteiger partial charge in [-0.2, -0.15) is 0 Å². The zero-order valence-electron chi connectivity index (χ0n) is 12.4. The van der Waals surface area contributed by atoms with Crippen molar-refractivity contribution in [3.8, 4) is 5.75 Å². The molecule has 0 saturated heterocycles. The van der Waals surface area contributed by atoms with Crippen LogP contribution in [0.1, 0.15) is 11.1 Å². The van der Waals surface area contributed by atoms with E-state index >= 15 is 0 Å². The van der Waals surface area contributed by atoms with E-state index in [-0.39, 0.29) is 16.7 Å².